The highest BCUT2D eigenvalue weighted by atomic mass is 16.6. The number of aryl methyl sites for hydroxylation is 5. The summed E-state index contributed by atoms with van der Waals surface area (Å²) in [6.45, 7) is 9.96. The third kappa shape index (κ3) is 2.97. The number of fused-ring (bicyclic) bond motifs is 1. The number of furan rings is 1. The molecule has 4 rings (SSSR count). The molecule has 2 heterocycles. The van der Waals surface area contributed by atoms with Crippen molar-refractivity contribution in [2.45, 2.75) is 34.6 Å². The van der Waals surface area contributed by atoms with E-state index < -0.39 is 0 Å². The number of aromatic nitrogens is 2. The highest BCUT2D eigenvalue weighted by Gasteiger charge is 2.22. The van der Waals surface area contributed by atoms with E-state index in [0.717, 1.165) is 33.2 Å². The van der Waals surface area contributed by atoms with E-state index in [1.54, 1.807) is 0 Å². The van der Waals surface area contributed by atoms with Gasteiger partial charge < -0.3 is 4.42 Å². The zero-order valence-corrected chi connectivity index (χ0v) is 16.5. The van der Waals surface area contributed by atoms with Gasteiger partial charge in [-0.25, -0.2) is 4.63 Å². The van der Waals surface area contributed by atoms with E-state index in [0.29, 0.717) is 11.3 Å². The van der Waals surface area contributed by atoms with Gasteiger partial charge in [-0.1, -0.05) is 18.2 Å². The molecule has 0 bridgehead atoms. The first-order chi connectivity index (χ1) is 13.3. The Morgan fingerprint density at radius 1 is 0.929 bits per heavy atom. The van der Waals surface area contributed by atoms with Gasteiger partial charge in [0.15, 0.2) is 11.5 Å². The zero-order valence-electron chi connectivity index (χ0n) is 16.5. The van der Waals surface area contributed by atoms with Gasteiger partial charge in [-0.05, 0) is 79.3 Å². The van der Waals surface area contributed by atoms with E-state index in [4.69, 9.17) is 9.05 Å². The Morgan fingerprint density at radius 2 is 1.71 bits per heavy atom. The number of hydrogen-bond donors (Lipinski definition) is 1. The average molecular weight is 375 g/mol. The van der Waals surface area contributed by atoms with Crippen LogP contribution >= 0.6 is 0 Å². The fraction of sp³-hybridized carbons (Fsp3) is 0.227. The van der Waals surface area contributed by atoms with E-state index in [9.17, 15) is 4.79 Å². The van der Waals surface area contributed by atoms with Crippen LogP contribution in [0.1, 0.15) is 38.4 Å². The fourth-order valence-electron chi connectivity index (χ4n) is 3.52. The number of nitrogens with one attached hydrogen (secondary N) is 1. The second-order valence-electron chi connectivity index (χ2n) is 7.23. The van der Waals surface area contributed by atoms with E-state index in [1.807, 2.05) is 58.9 Å². The van der Waals surface area contributed by atoms with Crippen LogP contribution in [0.25, 0.3) is 22.2 Å². The van der Waals surface area contributed by atoms with Gasteiger partial charge in [0, 0.05) is 16.5 Å². The first-order valence-electron chi connectivity index (χ1n) is 9.07. The van der Waals surface area contributed by atoms with Crippen LogP contribution < -0.4 is 5.32 Å². The minimum Gasteiger partial charge on any atom is -0.451 e. The lowest BCUT2D eigenvalue weighted by molar-refractivity contribution is 0.0997. The summed E-state index contributed by atoms with van der Waals surface area (Å²) >= 11 is 0. The predicted molar refractivity (Wildman–Crippen MR) is 108 cm³/mol. The summed E-state index contributed by atoms with van der Waals surface area (Å²) in [5.74, 6) is 0.144. The smallest absolute Gasteiger partial charge is 0.292 e. The summed E-state index contributed by atoms with van der Waals surface area (Å²) in [4.78, 5) is 12.9. The van der Waals surface area contributed by atoms with Crippen molar-refractivity contribution in [2.75, 3.05) is 5.32 Å². The Bertz CT molecular complexity index is 1220. The van der Waals surface area contributed by atoms with Gasteiger partial charge in [-0.2, -0.15) is 0 Å². The van der Waals surface area contributed by atoms with Crippen molar-refractivity contribution in [3.63, 3.8) is 0 Å². The first-order valence-corrected chi connectivity index (χ1v) is 9.07. The van der Waals surface area contributed by atoms with Gasteiger partial charge in [0.05, 0.1) is 0 Å². The molecule has 0 aliphatic carbocycles. The molecule has 6 nitrogen and oxygen atoms in total. The maximum Gasteiger partial charge on any atom is 0.292 e. The molecule has 4 aromatic rings. The molecule has 0 aliphatic heterocycles. The molecule has 0 unspecified atom stereocenters. The SMILES string of the molecule is Cc1cc(C)c2c(C)c(C(=O)Nc3nonc3-c3ccc(C)c(C)c3)oc2c1. The van der Waals surface area contributed by atoms with Crippen LogP contribution in [0.4, 0.5) is 5.82 Å². The minimum atomic E-state index is -0.383. The van der Waals surface area contributed by atoms with Crippen LogP contribution in [0, 0.1) is 34.6 Å². The van der Waals surface area contributed by atoms with E-state index in [1.165, 1.54) is 5.56 Å². The molecule has 6 heteroatoms. The van der Waals surface area contributed by atoms with Crippen molar-refractivity contribution >= 4 is 22.7 Å². The summed E-state index contributed by atoms with van der Waals surface area (Å²) in [5, 5.41) is 11.6. The number of carbonyl (C=O) groups excluding carboxylic acids is 1. The van der Waals surface area contributed by atoms with E-state index in [-0.39, 0.29) is 17.5 Å². The third-order valence-electron chi connectivity index (χ3n) is 5.08. The van der Waals surface area contributed by atoms with Crippen LogP contribution in [-0.4, -0.2) is 16.2 Å². The van der Waals surface area contributed by atoms with Gasteiger partial charge in [-0.3, -0.25) is 10.1 Å². The lowest BCUT2D eigenvalue weighted by atomic mass is 10.0. The van der Waals surface area contributed by atoms with Crippen molar-refractivity contribution in [2.24, 2.45) is 0 Å². The highest BCUT2D eigenvalue weighted by Crippen LogP contribution is 2.31. The van der Waals surface area contributed by atoms with Crippen LogP contribution in [0.5, 0.6) is 0 Å². The normalized spacial score (nSPS) is 11.2. The Hall–Kier alpha value is -3.41. The molecule has 0 radical (unpaired) electrons. The van der Waals surface area contributed by atoms with Crippen molar-refractivity contribution in [1.82, 2.24) is 10.3 Å². The molecule has 0 aliphatic rings. The van der Waals surface area contributed by atoms with Crippen LogP contribution in [0.3, 0.4) is 0 Å². The molecule has 0 atom stereocenters. The van der Waals surface area contributed by atoms with Crippen LogP contribution in [0.2, 0.25) is 0 Å². The predicted octanol–water partition coefficient (Wildman–Crippen LogP) is 5.28. The van der Waals surface area contributed by atoms with Gasteiger partial charge in [-0.15, -0.1) is 0 Å². The largest absolute Gasteiger partial charge is 0.451 e. The number of carbonyl (C=O) groups is 1. The molecule has 0 fully saturated rings. The molecule has 2 aromatic carbocycles. The standard InChI is InChI=1S/C22H21N3O3/c1-11-8-14(4)18-15(5)20(27-17(18)9-11)22(26)23-21-19(24-28-25-21)16-7-6-12(2)13(3)10-16/h6-10H,1-5H3,(H,23,25,26). The Balaban J connectivity index is 1.70. The number of hydrogen-bond acceptors (Lipinski definition) is 5. The van der Waals surface area contributed by atoms with Gasteiger partial charge in [0.2, 0.25) is 5.82 Å². The minimum absolute atomic E-state index is 0.262. The van der Waals surface area contributed by atoms with E-state index in [2.05, 4.69) is 21.7 Å². The van der Waals surface area contributed by atoms with Gasteiger partial charge >= 0.3 is 0 Å². The summed E-state index contributed by atoms with van der Waals surface area (Å²) in [5.41, 5.74) is 7.27. The topological polar surface area (TPSA) is 81.2 Å². The number of anilines is 1. The summed E-state index contributed by atoms with van der Waals surface area (Å²) in [7, 11) is 0. The molecule has 142 valence electrons. The highest BCUT2D eigenvalue weighted by molar-refractivity contribution is 6.07. The number of benzene rings is 2. The van der Waals surface area contributed by atoms with Crippen molar-refractivity contribution < 1.29 is 13.8 Å². The Morgan fingerprint density at radius 3 is 2.46 bits per heavy atom. The molecule has 28 heavy (non-hydrogen) atoms. The zero-order chi connectivity index (χ0) is 20.0. The number of nitrogens with zero attached hydrogens (tertiary/aromatic N) is 2. The number of amides is 1. The van der Waals surface area contributed by atoms with Crippen molar-refractivity contribution in [3.8, 4) is 11.3 Å². The molecule has 0 saturated heterocycles. The summed E-state index contributed by atoms with van der Waals surface area (Å²) in [6, 6.07) is 9.93. The molecule has 1 N–H and O–H groups in total. The van der Waals surface area contributed by atoms with E-state index >= 15 is 0 Å². The van der Waals surface area contributed by atoms with Crippen molar-refractivity contribution in [1.29, 1.82) is 0 Å². The molecule has 2 aromatic heterocycles. The second kappa shape index (κ2) is 6.64. The first kappa shape index (κ1) is 18.0. The molecule has 0 saturated carbocycles. The average Bonchev–Trinajstić information content (AvgIpc) is 3.22. The van der Waals surface area contributed by atoms with Crippen molar-refractivity contribution in [3.05, 3.63) is 63.9 Å². The molecule has 0 spiro atoms. The Labute approximate surface area is 162 Å². The Kier molecular flexibility index (Phi) is 4.26. The summed E-state index contributed by atoms with van der Waals surface area (Å²) < 4.78 is 10.7. The third-order valence-corrected chi connectivity index (χ3v) is 5.08. The monoisotopic (exact) mass is 375 g/mol. The maximum absolute atomic E-state index is 12.9. The second-order valence-corrected chi connectivity index (χ2v) is 7.23. The lowest BCUT2D eigenvalue weighted by Gasteiger charge is -2.04. The molecular formula is C22H21N3O3. The number of rotatable bonds is 3. The van der Waals surface area contributed by atoms with Gasteiger partial charge in [0.25, 0.3) is 5.91 Å². The lowest BCUT2D eigenvalue weighted by Crippen LogP contribution is -2.13. The maximum atomic E-state index is 12.9. The van der Waals surface area contributed by atoms with Crippen LogP contribution in [-0.2, 0) is 0 Å². The molecular weight excluding hydrogens is 354 g/mol. The summed E-state index contributed by atoms with van der Waals surface area (Å²) in [6.07, 6.45) is 0. The fourth-order valence-corrected chi connectivity index (χ4v) is 3.52. The van der Waals surface area contributed by atoms with Gasteiger partial charge in [0.1, 0.15) is 5.58 Å². The quantitative estimate of drug-likeness (QED) is 0.527. The van der Waals surface area contributed by atoms with Crippen LogP contribution in [0.15, 0.2) is 39.4 Å². The molecule has 1 amide bonds.